The van der Waals surface area contributed by atoms with Crippen LogP contribution in [0.15, 0.2) is 48.7 Å². The molecule has 1 amide bonds. The maximum Gasteiger partial charge on any atom is 0.262 e. The standard InChI is InChI=1S/C18H9F2N5O/c19-14-7-12(10-22)8-15(20)17(14)18(26)24-16-5-6-23-25(16)13-3-1-11(9-21)2-4-13/h1-8H,(H,24,26). The molecule has 0 atom stereocenters. The number of nitrogens with zero attached hydrogens (tertiary/aromatic N) is 4. The van der Waals surface area contributed by atoms with E-state index in [2.05, 4.69) is 10.4 Å². The third kappa shape index (κ3) is 3.12. The molecule has 126 valence electrons. The molecule has 0 unspecified atom stereocenters. The molecule has 1 heterocycles. The minimum atomic E-state index is -1.14. The maximum atomic E-state index is 14.0. The van der Waals surface area contributed by atoms with Crippen LogP contribution in [0.25, 0.3) is 5.69 Å². The first kappa shape index (κ1) is 16.8. The molecule has 2 aromatic carbocycles. The van der Waals surface area contributed by atoms with Crippen LogP contribution in [-0.2, 0) is 0 Å². The van der Waals surface area contributed by atoms with Crippen molar-refractivity contribution in [3.8, 4) is 17.8 Å². The summed E-state index contributed by atoms with van der Waals surface area (Å²) >= 11 is 0. The van der Waals surface area contributed by atoms with E-state index < -0.39 is 23.1 Å². The summed E-state index contributed by atoms with van der Waals surface area (Å²) in [6.45, 7) is 0. The SMILES string of the molecule is N#Cc1ccc(-n2nccc2NC(=O)c2c(F)cc(C#N)cc2F)cc1. The van der Waals surface area contributed by atoms with Gasteiger partial charge in [-0.1, -0.05) is 0 Å². The van der Waals surface area contributed by atoms with Crippen LogP contribution in [0.3, 0.4) is 0 Å². The van der Waals surface area contributed by atoms with Gasteiger partial charge in [0.15, 0.2) is 0 Å². The summed E-state index contributed by atoms with van der Waals surface area (Å²) in [6, 6.07) is 13.0. The van der Waals surface area contributed by atoms with E-state index in [4.69, 9.17) is 10.5 Å². The van der Waals surface area contributed by atoms with Gasteiger partial charge in [-0.25, -0.2) is 13.5 Å². The first-order valence-corrected chi connectivity index (χ1v) is 7.28. The van der Waals surface area contributed by atoms with Crippen LogP contribution in [-0.4, -0.2) is 15.7 Å². The number of hydrogen-bond donors (Lipinski definition) is 1. The van der Waals surface area contributed by atoms with Crippen molar-refractivity contribution in [2.45, 2.75) is 0 Å². The molecular weight excluding hydrogens is 340 g/mol. The van der Waals surface area contributed by atoms with Gasteiger partial charge in [0, 0.05) is 6.07 Å². The van der Waals surface area contributed by atoms with Gasteiger partial charge in [0.05, 0.1) is 35.1 Å². The van der Waals surface area contributed by atoms with Crippen LogP contribution in [0.1, 0.15) is 21.5 Å². The van der Waals surface area contributed by atoms with E-state index in [-0.39, 0.29) is 11.4 Å². The van der Waals surface area contributed by atoms with Crippen molar-refractivity contribution >= 4 is 11.7 Å². The van der Waals surface area contributed by atoms with E-state index in [1.807, 2.05) is 6.07 Å². The van der Waals surface area contributed by atoms with Crippen LogP contribution in [0, 0.1) is 34.3 Å². The Balaban J connectivity index is 1.91. The van der Waals surface area contributed by atoms with E-state index in [0.29, 0.717) is 11.3 Å². The Morgan fingerprint density at radius 1 is 1.00 bits per heavy atom. The van der Waals surface area contributed by atoms with Crippen molar-refractivity contribution in [3.63, 3.8) is 0 Å². The van der Waals surface area contributed by atoms with Crippen molar-refractivity contribution in [1.29, 1.82) is 10.5 Å². The van der Waals surface area contributed by atoms with Gasteiger partial charge in [-0.2, -0.15) is 15.6 Å². The van der Waals surface area contributed by atoms with Gasteiger partial charge in [-0.3, -0.25) is 4.79 Å². The van der Waals surface area contributed by atoms with Crippen LogP contribution in [0.5, 0.6) is 0 Å². The number of anilines is 1. The minimum absolute atomic E-state index is 0.183. The number of rotatable bonds is 3. The Morgan fingerprint density at radius 3 is 2.19 bits per heavy atom. The Kier molecular flexibility index (Phi) is 4.42. The molecule has 0 spiro atoms. The zero-order valence-corrected chi connectivity index (χ0v) is 13.1. The average molecular weight is 349 g/mol. The highest BCUT2D eigenvalue weighted by atomic mass is 19.1. The number of nitriles is 2. The highest BCUT2D eigenvalue weighted by Crippen LogP contribution is 2.19. The summed E-state index contributed by atoms with van der Waals surface area (Å²) in [5, 5.41) is 24.0. The largest absolute Gasteiger partial charge is 0.306 e. The number of nitrogens with one attached hydrogen (secondary N) is 1. The first-order valence-electron chi connectivity index (χ1n) is 7.28. The predicted molar refractivity (Wildman–Crippen MR) is 87.3 cm³/mol. The normalized spacial score (nSPS) is 10.0. The number of benzene rings is 2. The fourth-order valence-electron chi connectivity index (χ4n) is 2.31. The predicted octanol–water partition coefficient (Wildman–Crippen LogP) is 3.15. The zero-order chi connectivity index (χ0) is 18.7. The fourth-order valence-corrected chi connectivity index (χ4v) is 2.31. The molecule has 0 fully saturated rings. The van der Waals surface area contributed by atoms with E-state index in [0.717, 1.165) is 12.1 Å². The number of amides is 1. The van der Waals surface area contributed by atoms with Crippen LogP contribution in [0.2, 0.25) is 0 Å². The van der Waals surface area contributed by atoms with Gasteiger partial charge < -0.3 is 5.32 Å². The van der Waals surface area contributed by atoms with E-state index >= 15 is 0 Å². The summed E-state index contributed by atoms with van der Waals surface area (Å²) < 4.78 is 29.3. The van der Waals surface area contributed by atoms with Gasteiger partial charge in [-0.15, -0.1) is 0 Å². The van der Waals surface area contributed by atoms with Crippen LogP contribution >= 0.6 is 0 Å². The second-order valence-electron chi connectivity index (χ2n) is 5.17. The molecule has 8 heteroatoms. The van der Waals surface area contributed by atoms with Gasteiger partial charge in [0.25, 0.3) is 5.91 Å². The molecule has 0 radical (unpaired) electrons. The Bertz CT molecular complexity index is 1050. The molecule has 0 saturated heterocycles. The van der Waals surface area contributed by atoms with Crippen molar-refractivity contribution in [1.82, 2.24) is 9.78 Å². The second-order valence-corrected chi connectivity index (χ2v) is 5.17. The lowest BCUT2D eigenvalue weighted by Crippen LogP contribution is -2.18. The molecule has 0 aliphatic carbocycles. The molecule has 1 aromatic heterocycles. The summed E-state index contributed by atoms with van der Waals surface area (Å²) in [6.07, 6.45) is 1.40. The molecule has 0 saturated carbocycles. The first-order chi connectivity index (χ1) is 12.5. The molecule has 0 bridgehead atoms. The summed E-state index contributed by atoms with van der Waals surface area (Å²) in [5.41, 5.74) is -0.0194. The van der Waals surface area contributed by atoms with E-state index in [1.54, 1.807) is 30.3 Å². The Hall–Kier alpha value is -4.04. The quantitative estimate of drug-likeness (QED) is 0.786. The molecule has 1 N–H and O–H groups in total. The number of hydrogen-bond acceptors (Lipinski definition) is 4. The zero-order valence-electron chi connectivity index (χ0n) is 13.1. The summed E-state index contributed by atoms with van der Waals surface area (Å²) in [7, 11) is 0. The molecule has 6 nitrogen and oxygen atoms in total. The fraction of sp³-hybridized carbons (Fsp3) is 0. The molecule has 3 rings (SSSR count). The average Bonchev–Trinajstić information content (AvgIpc) is 3.09. The lowest BCUT2D eigenvalue weighted by Gasteiger charge is -2.10. The smallest absolute Gasteiger partial charge is 0.262 e. The van der Waals surface area contributed by atoms with Crippen LogP contribution in [0.4, 0.5) is 14.6 Å². The van der Waals surface area contributed by atoms with Crippen molar-refractivity contribution in [3.05, 3.63) is 77.0 Å². The number of carbonyl (C=O) groups is 1. The molecule has 0 aliphatic heterocycles. The molecule has 26 heavy (non-hydrogen) atoms. The number of halogens is 2. The van der Waals surface area contributed by atoms with Gasteiger partial charge >= 0.3 is 0 Å². The molecule has 3 aromatic rings. The number of aromatic nitrogens is 2. The van der Waals surface area contributed by atoms with Gasteiger partial charge in [0.1, 0.15) is 23.0 Å². The third-order valence-corrected chi connectivity index (χ3v) is 3.52. The van der Waals surface area contributed by atoms with Gasteiger partial charge in [0.2, 0.25) is 0 Å². The lowest BCUT2D eigenvalue weighted by molar-refractivity contribution is 0.101. The highest BCUT2D eigenvalue weighted by Gasteiger charge is 2.20. The topological polar surface area (TPSA) is 94.5 Å². The Morgan fingerprint density at radius 2 is 1.62 bits per heavy atom. The van der Waals surface area contributed by atoms with E-state index in [9.17, 15) is 13.6 Å². The second kappa shape index (κ2) is 6.83. The Labute approximate surface area is 146 Å². The lowest BCUT2D eigenvalue weighted by atomic mass is 10.1. The van der Waals surface area contributed by atoms with Gasteiger partial charge in [-0.05, 0) is 36.4 Å². The maximum absolute atomic E-state index is 14.0. The van der Waals surface area contributed by atoms with Crippen molar-refractivity contribution in [2.75, 3.05) is 5.32 Å². The minimum Gasteiger partial charge on any atom is -0.306 e. The molecular formula is C18H9F2N5O. The summed E-state index contributed by atoms with van der Waals surface area (Å²) in [5.74, 6) is -3.10. The highest BCUT2D eigenvalue weighted by molar-refractivity contribution is 6.04. The molecule has 0 aliphatic rings. The third-order valence-electron chi connectivity index (χ3n) is 3.52. The van der Waals surface area contributed by atoms with Crippen LogP contribution < -0.4 is 5.32 Å². The van der Waals surface area contributed by atoms with Crippen molar-refractivity contribution in [2.24, 2.45) is 0 Å². The monoisotopic (exact) mass is 349 g/mol. The van der Waals surface area contributed by atoms with E-state index in [1.165, 1.54) is 16.9 Å². The number of carbonyl (C=O) groups excluding carboxylic acids is 1. The van der Waals surface area contributed by atoms with Crippen molar-refractivity contribution < 1.29 is 13.6 Å². The summed E-state index contributed by atoms with van der Waals surface area (Å²) in [4.78, 5) is 12.3.